The molecule has 128 valence electrons. The van der Waals surface area contributed by atoms with Crippen LogP contribution in [0.5, 0.6) is 0 Å². The van der Waals surface area contributed by atoms with E-state index < -0.39 is 5.41 Å². The van der Waals surface area contributed by atoms with Gasteiger partial charge in [-0.25, -0.2) is 0 Å². The normalized spacial score (nSPS) is 16.6. The standard InChI is InChI=1S/C17H33N3O2/c1-17(2,3)16(22)19-13-15(21)18-11-8-12-20(4)14-9-6-5-7-10-14/h14H,5-13H2,1-4H3,(H,18,21)(H,19,22). The molecule has 2 N–H and O–H groups in total. The highest BCUT2D eigenvalue weighted by molar-refractivity contribution is 5.87. The van der Waals surface area contributed by atoms with Crippen molar-refractivity contribution in [2.45, 2.75) is 65.3 Å². The predicted molar refractivity (Wildman–Crippen MR) is 89.6 cm³/mol. The molecule has 0 heterocycles. The van der Waals surface area contributed by atoms with E-state index in [4.69, 9.17) is 0 Å². The lowest BCUT2D eigenvalue weighted by atomic mass is 9.94. The highest BCUT2D eigenvalue weighted by Gasteiger charge is 2.21. The van der Waals surface area contributed by atoms with Crippen molar-refractivity contribution in [2.24, 2.45) is 5.41 Å². The summed E-state index contributed by atoms with van der Waals surface area (Å²) >= 11 is 0. The van der Waals surface area contributed by atoms with E-state index in [1.54, 1.807) is 0 Å². The Kier molecular flexibility index (Phi) is 7.87. The number of nitrogens with zero attached hydrogens (tertiary/aromatic N) is 1. The molecule has 0 radical (unpaired) electrons. The SMILES string of the molecule is CN(CCCNC(=O)CNC(=O)C(C)(C)C)C1CCCCC1. The Morgan fingerprint density at radius 1 is 1.09 bits per heavy atom. The first-order valence-electron chi connectivity index (χ1n) is 8.56. The maximum Gasteiger partial charge on any atom is 0.239 e. The van der Waals surface area contributed by atoms with Crippen molar-refractivity contribution >= 4 is 11.8 Å². The summed E-state index contributed by atoms with van der Waals surface area (Å²) in [6.45, 7) is 7.25. The van der Waals surface area contributed by atoms with Gasteiger partial charge in [0.05, 0.1) is 6.54 Å². The zero-order valence-electron chi connectivity index (χ0n) is 14.7. The average molecular weight is 311 g/mol. The quantitative estimate of drug-likeness (QED) is 0.706. The summed E-state index contributed by atoms with van der Waals surface area (Å²) in [4.78, 5) is 25.8. The molecule has 5 heteroatoms. The lowest BCUT2D eigenvalue weighted by Crippen LogP contribution is -2.42. The van der Waals surface area contributed by atoms with Crippen LogP contribution in [0.3, 0.4) is 0 Å². The van der Waals surface area contributed by atoms with Crippen molar-refractivity contribution in [1.29, 1.82) is 0 Å². The van der Waals surface area contributed by atoms with Crippen LogP contribution in [0.25, 0.3) is 0 Å². The molecule has 0 aromatic carbocycles. The van der Waals surface area contributed by atoms with Gasteiger partial charge in [-0.3, -0.25) is 9.59 Å². The summed E-state index contributed by atoms with van der Waals surface area (Å²) in [5, 5.41) is 5.53. The zero-order valence-corrected chi connectivity index (χ0v) is 14.7. The largest absolute Gasteiger partial charge is 0.355 e. The summed E-state index contributed by atoms with van der Waals surface area (Å²) in [6, 6.07) is 0.718. The third-order valence-corrected chi connectivity index (χ3v) is 4.30. The Bertz CT molecular complexity index is 357. The first kappa shape index (κ1) is 18.9. The van der Waals surface area contributed by atoms with Gasteiger partial charge in [0.15, 0.2) is 0 Å². The predicted octanol–water partition coefficient (Wildman–Crippen LogP) is 1.92. The van der Waals surface area contributed by atoms with Crippen molar-refractivity contribution < 1.29 is 9.59 Å². The topological polar surface area (TPSA) is 61.4 Å². The molecule has 0 saturated heterocycles. The molecule has 0 bridgehead atoms. The second-order valence-corrected chi connectivity index (χ2v) is 7.41. The summed E-state index contributed by atoms with van der Waals surface area (Å²) in [5.74, 6) is -0.211. The summed E-state index contributed by atoms with van der Waals surface area (Å²) in [6.07, 6.45) is 7.63. The smallest absolute Gasteiger partial charge is 0.239 e. The Hall–Kier alpha value is -1.10. The van der Waals surface area contributed by atoms with E-state index in [2.05, 4.69) is 22.6 Å². The molecule has 1 rings (SSSR count). The Labute approximate surface area is 135 Å². The van der Waals surface area contributed by atoms with Gasteiger partial charge in [-0.2, -0.15) is 0 Å². The summed E-state index contributed by atoms with van der Waals surface area (Å²) in [7, 11) is 2.18. The van der Waals surface area contributed by atoms with Crippen LogP contribution in [-0.4, -0.2) is 49.4 Å². The Morgan fingerprint density at radius 2 is 1.73 bits per heavy atom. The highest BCUT2D eigenvalue weighted by Crippen LogP contribution is 2.21. The van der Waals surface area contributed by atoms with E-state index in [-0.39, 0.29) is 18.4 Å². The summed E-state index contributed by atoms with van der Waals surface area (Å²) in [5.41, 5.74) is -0.455. The fourth-order valence-electron chi connectivity index (χ4n) is 2.75. The molecule has 0 atom stereocenters. The fraction of sp³-hybridized carbons (Fsp3) is 0.882. The number of nitrogens with one attached hydrogen (secondary N) is 2. The van der Waals surface area contributed by atoms with Crippen LogP contribution >= 0.6 is 0 Å². The third kappa shape index (κ3) is 7.25. The number of amides is 2. The lowest BCUT2D eigenvalue weighted by molar-refractivity contribution is -0.131. The maximum atomic E-state index is 11.7. The second kappa shape index (κ2) is 9.13. The molecule has 0 spiro atoms. The second-order valence-electron chi connectivity index (χ2n) is 7.41. The molecule has 1 aliphatic carbocycles. The molecule has 5 nitrogen and oxygen atoms in total. The van der Waals surface area contributed by atoms with Gasteiger partial charge in [-0.1, -0.05) is 40.0 Å². The van der Waals surface area contributed by atoms with Crippen molar-refractivity contribution in [3.8, 4) is 0 Å². The van der Waals surface area contributed by atoms with Crippen molar-refractivity contribution in [3.63, 3.8) is 0 Å². The van der Waals surface area contributed by atoms with Gasteiger partial charge in [0.2, 0.25) is 11.8 Å². The minimum Gasteiger partial charge on any atom is -0.355 e. The van der Waals surface area contributed by atoms with Crippen LogP contribution in [-0.2, 0) is 9.59 Å². The molecule has 0 aromatic heterocycles. The minimum atomic E-state index is -0.455. The van der Waals surface area contributed by atoms with E-state index in [0.717, 1.165) is 19.0 Å². The monoisotopic (exact) mass is 311 g/mol. The van der Waals surface area contributed by atoms with E-state index in [1.807, 2.05) is 20.8 Å². The molecular formula is C17H33N3O2. The van der Waals surface area contributed by atoms with E-state index in [1.165, 1.54) is 32.1 Å². The van der Waals surface area contributed by atoms with Gasteiger partial charge in [0, 0.05) is 18.0 Å². The fourth-order valence-corrected chi connectivity index (χ4v) is 2.75. The van der Waals surface area contributed by atoms with Crippen LogP contribution in [0.15, 0.2) is 0 Å². The number of hydrogen-bond acceptors (Lipinski definition) is 3. The number of hydrogen-bond donors (Lipinski definition) is 2. The number of rotatable bonds is 7. The van der Waals surface area contributed by atoms with Crippen LogP contribution in [0.4, 0.5) is 0 Å². The molecule has 1 fully saturated rings. The van der Waals surface area contributed by atoms with Crippen LogP contribution in [0.1, 0.15) is 59.3 Å². The maximum absolute atomic E-state index is 11.7. The number of carbonyl (C=O) groups excluding carboxylic acids is 2. The van der Waals surface area contributed by atoms with Crippen LogP contribution in [0.2, 0.25) is 0 Å². The highest BCUT2D eigenvalue weighted by atomic mass is 16.2. The lowest BCUT2D eigenvalue weighted by Gasteiger charge is -2.31. The molecule has 0 unspecified atom stereocenters. The molecular weight excluding hydrogens is 278 g/mol. The Balaban J connectivity index is 2.08. The molecule has 2 amide bonds. The van der Waals surface area contributed by atoms with E-state index in [0.29, 0.717) is 6.54 Å². The average Bonchev–Trinajstić information content (AvgIpc) is 2.48. The van der Waals surface area contributed by atoms with Gasteiger partial charge >= 0.3 is 0 Å². The van der Waals surface area contributed by atoms with E-state index >= 15 is 0 Å². The molecule has 1 saturated carbocycles. The van der Waals surface area contributed by atoms with Crippen LogP contribution < -0.4 is 10.6 Å². The first-order chi connectivity index (χ1) is 10.3. The first-order valence-corrected chi connectivity index (χ1v) is 8.56. The molecule has 1 aliphatic rings. The van der Waals surface area contributed by atoms with Gasteiger partial charge < -0.3 is 15.5 Å². The molecule has 0 aromatic rings. The van der Waals surface area contributed by atoms with E-state index in [9.17, 15) is 9.59 Å². The van der Waals surface area contributed by atoms with Crippen molar-refractivity contribution in [3.05, 3.63) is 0 Å². The third-order valence-electron chi connectivity index (χ3n) is 4.30. The van der Waals surface area contributed by atoms with Crippen molar-refractivity contribution in [2.75, 3.05) is 26.7 Å². The van der Waals surface area contributed by atoms with Gasteiger partial charge in [0.25, 0.3) is 0 Å². The number of carbonyl (C=O) groups is 2. The van der Waals surface area contributed by atoms with Gasteiger partial charge in [-0.15, -0.1) is 0 Å². The zero-order chi connectivity index (χ0) is 16.6. The van der Waals surface area contributed by atoms with Crippen LogP contribution in [0, 0.1) is 5.41 Å². The Morgan fingerprint density at radius 3 is 2.32 bits per heavy atom. The van der Waals surface area contributed by atoms with Gasteiger partial charge in [0.1, 0.15) is 0 Å². The van der Waals surface area contributed by atoms with Gasteiger partial charge in [-0.05, 0) is 32.9 Å². The summed E-state index contributed by atoms with van der Waals surface area (Å²) < 4.78 is 0. The van der Waals surface area contributed by atoms with Crippen molar-refractivity contribution in [1.82, 2.24) is 15.5 Å². The molecule has 0 aliphatic heterocycles. The molecule has 22 heavy (non-hydrogen) atoms. The minimum absolute atomic E-state index is 0.0641.